The van der Waals surface area contributed by atoms with Gasteiger partial charge in [-0.05, 0) is 44.3 Å². The van der Waals surface area contributed by atoms with Crippen molar-refractivity contribution >= 4 is 11.8 Å². The van der Waals surface area contributed by atoms with Crippen molar-refractivity contribution in [1.82, 2.24) is 5.32 Å². The molecule has 2 aliphatic carbocycles. The molecule has 2 N–H and O–H groups in total. The fourth-order valence-electron chi connectivity index (χ4n) is 2.36. The highest BCUT2D eigenvalue weighted by atomic mass is 32.2. The van der Waals surface area contributed by atoms with Gasteiger partial charge in [0.2, 0.25) is 0 Å². The molecule has 0 bridgehead atoms. The summed E-state index contributed by atoms with van der Waals surface area (Å²) in [6.07, 6.45) is 8.28. The first-order valence-electron chi connectivity index (χ1n) is 6.80. The molecule has 0 saturated heterocycles. The van der Waals surface area contributed by atoms with Crippen molar-refractivity contribution in [3.63, 3.8) is 0 Å². The number of aliphatic hydroxyl groups excluding tert-OH is 1. The molecule has 0 aromatic carbocycles. The number of thioether (sulfide) groups is 1. The molecule has 0 spiro atoms. The zero-order valence-electron chi connectivity index (χ0n) is 10.7. The Morgan fingerprint density at radius 1 is 1.35 bits per heavy atom. The molecule has 3 nitrogen and oxygen atoms in total. The lowest BCUT2D eigenvalue weighted by molar-refractivity contribution is 0.0313. The Morgan fingerprint density at radius 2 is 2.18 bits per heavy atom. The van der Waals surface area contributed by atoms with Gasteiger partial charge in [0, 0.05) is 24.4 Å². The van der Waals surface area contributed by atoms with E-state index in [2.05, 4.69) is 11.6 Å². The fourth-order valence-corrected chi connectivity index (χ4v) is 3.15. The van der Waals surface area contributed by atoms with E-state index in [1.165, 1.54) is 32.1 Å². The van der Waals surface area contributed by atoms with E-state index in [1.54, 1.807) is 0 Å². The lowest BCUT2D eigenvalue weighted by atomic mass is 10.2. The third-order valence-corrected chi connectivity index (χ3v) is 4.82. The lowest BCUT2D eigenvalue weighted by Gasteiger charge is -2.16. The Morgan fingerprint density at radius 3 is 2.82 bits per heavy atom. The number of hydrogen-bond donors (Lipinski definition) is 2. The van der Waals surface area contributed by atoms with E-state index in [1.807, 2.05) is 11.8 Å². The quantitative estimate of drug-likeness (QED) is 0.695. The molecule has 0 radical (unpaired) electrons. The van der Waals surface area contributed by atoms with Gasteiger partial charge in [0.25, 0.3) is 0 Å². The van der Waals surface area contributed by atoms with Crippen molar-refractivity contribution < 1.29 is 9.84 Å². The molecule has 0 heterocycles. The number of ether oxygens (including phenoxy) is 1. The summed E-state index contributed by atoms with van der Waals surface area (Å²) < 4.78 is 5.48. The molecule has 0 aromatic rings. The molecule has 17 heavy (non-hydrogen) atoms. The first-order valence-corrected chi connectivity index (χ1v) is 8.08. The van der Waals surface area contributed by atoms with E-state index in [-0.39, 0.29) is 6.10 Å². The topological polar surface area (TPSA) is 41.5 Å². The Hall–Kier alpha value is 0.230. The molecule has 2 fully saturated rings. The summed E-state index contributed by atoms with van der Waals surface area (Å²) in [4.78, 5) is 0. The van der Waals surface area contributed by atoms with Gasteiger partial charge in [-0.3, -0.25) is 0 Å². The monoisotopic (exact) mass is 259 g/mol. The van der Waals surface area contributed by atoms with Crippen LogP contribution >= 0.6 is 11.8 Å². The molecule has 4 heteroatoms. The van der Waals surface area contributed by atoms with Crippen LogP contribution in [0.5, 0.6) is 0 Å². The molecule has 3 atom stereocenters. The van der Waals surface area contributed by atoms with Crippen molar-refractivity contribution in [2.75, 3.05) is 26.0 Å². The van der Waals surface area contributed by atoms with Gasteiger partial charge in [0.15, 0.2) is 0 Å². The second-order valence-corrected chi connectivity index (χ2v) is 6.55. The fraction of sp³-hybridized carbons (Fsp3) is 1.00. The molecule has 2 rings (SSSR count). The largest absolute Gasteiger partial charge is 0.389 e. The third-order valence-electron chi connectivity index (χ3n) is 3.72. The first kappa shape index (κ1) is 13.7. The first-order chi connectivity index (χ1) is 8.28. The van der Waals surface area contributed by atoms with E-state index >= 15 is 0 Å². The Labute approximate surface area is 109 Å². The van der Waals surface area contributed by atoms with E-state index in [0.29, 0.717) is 19.2 Å². The van der Waals surface area contributed by atoms with Crippen LogP contribution in [-0.2, 0) is 4.74 Å². The predicted octanol–water partition coefficient (Wildman–Crippen LogP) is 1.65. The molecular weight excluding hydrogens is 234 g/mol. The normalized spacial score (nSPS) is 30.7. The molecule has 100 valence electrons. The number of aliphatic hydroxyl groups is 1. The van der Waals surface area contributed by atoms with Crippen LogP contribution in [0.1, 0.15) is 32.1 Å². The molecule has 0 amide bonds. The molecule has 2 aliphatic rings. The van der Waals surface area contributed by atoms with E-state index < -0.39 is 0 Å². The smallest absolute Gasteiger partial charge is 0.0897 e. The lowest BCUT2D eigenvalue weighted by Crippen LogP contribution is -2.36. The van der Waals surface area contributed by atoms with Crippen molar-refractivity contribution in [3.05, 3.63) is 0 Å². The van der Waals surface area contributed by atoms with Crippen LogP contribution in [0.2, 0.25) is 0 Å². The van der Waals surface area contributed by atoms with E-state index in [9.17, 15) is 5.11 Å². The van der Waals surface area contributed by atoms with Gasteiger partial charge in [-0.25, -0.2) is 0 Å². The SMILES string of the molecule is CSC1CCC(NCC(O)COCC2CC2)C1. The minimum absolute atomic E-state index is 0.345. The van der Waals surface area contributed by atoms with Crippen LogP contribution < -0.4 is 5.32 Å². The van der Waals surface area contributed by atoms with E-state index in [0.717, 1.165) is 17.8 Å². The molecular formula is C13H25NO2S. The average molecular weight is 259 g/mol. The highest BCUT2D eigenvalue weighted by Gasteiger charge is 2.24. The van der Waals surface area contributed by atoms with Crippen LogP contribution in [0.3, 0.4) is 0 Å². The maximum atomic E-state index is 9.77. The van der Waals surface area contributed by atoms with Gasteiger partial charge in [-0.15, -0.1) is 0 Å². The number of rotatable bonds is 8. The number of hydrogen-bond acceptors (Lipinski definition) is 4. The highest BCUT2D eigenvalue weighted by molar-refractivity contribution is 7.99. The van der Waals surface area contributed by atoms with E-state index in [4.69, 9.17) is 4.74 Å². The van der Waals surface area contributed by atoms with Crippen molar-refractivity contribution in [3.8, 4) is 0 Å². The molecule has 2 saturated carbocycles. The Bertz CT molecular complexity index is 223. The van der Waals surface area contributed by atoms with Crippen LogP contribution in [-0.4, -0.2) is 48.5 Å². The maximum Gasteiger partial charge on any atom is 0.0897 e. The van der Waals surface area contributed by atoms with Gasteiger partial charge in [-0.2, -0.15) is 11.8 Å². The Kier molecular flexibility index (Phi) is 5.60. The zero-order valence-corrected chi connectivity index (χ0v) is 11.5. The summed E-state index contributed by atoms with van der Waals surface area (Å²) in [5.74, 6) is 0.785. The predicted molar refractivity (Wildman–Crippen MR) is 72.5 cm³/mol. The second-order valence-electron chi connectivity index (χ2n) is 5.41. The average Bonchev–Trinajstić information content (AvgIpc) is 3.04. The van der Waals surface area contributed by atoms with Gasteiger partial charge in [0.05, 0.1) is 12.7 Å². The van der Waals surface area contributed by atoms with Gasteiger partial charge in [-0.1, -0.05) is 0 Å². The summed E-state index contributed by atoms with van der Waals surface area (Å²) in [6, 6.07) is 0.602. The van der Waals surface area contributed by atoms with Crippen LogP contribution in [0.25, 0.3) is 0 Å². The molecule has 0 aliphatic heterocycles. The van der Waals surface area contributed by atoms with Gasteiger partial charge < -0.3 is 15.2 Å². The van der Waals surface area contributed by atoms with Gasteiger partial charge >= 0.3 is 0 Å². The van der Waals surface area contributed by atoms with Crippen molar-refractivity contribution in [2.24, 2.45) is 5.92 Å². The van der Waals surface area contributed by atoms with Crippen molar-refractivity contribution in [2.45, 2.75) is 49.5 Å². The van der Waals surface area contributed by atoms with Crippen LogP contribution in [0.4, 0.5) is 0 Å². The second kappa shape index (κ2) is 6.98. The standard InChI is InChI=1S/C13H25NO2S/c1-17-13-5-4-11(6-13)14-7-12(15)9-16-8-10-2-3-10/h10-15H,2-9H2,1H3. The summed E-state index contributed by atoms with van der Waals surface area (Å²) in [6.45, 7) is 2.01. The van der Waals surface area contributed by atoms with Gasteiger partial charge in [0.1, 0.15) is 0 Å². The summed E-state index contributed by atoms with van der Waals surface area (Å²) in [5.41, 5.74) is 0. The minimum Gasteiger partial charge on any atom is -0.389 e. The number of nitrogens with one attached hydrogen (secondary N) is 1. The van der Waals surface area contributed by atoms with Crippen molar-refractivity contribution in [1.29, 1.82) is 0 Å². The molecule has 3 unspecified atom stereocenters. The van der Waals surface area contributed by atoms with Crippen LogP contribution in [0, 0.1) is 5.92 Å². The molecule has 0 aromatic heterocycles. The van der Waals surface area contributed by atoms with Crippen LogP contribution in [0.15, 0.2) is 0 Å². The summed E-state index contributed by atoms with van der Waals surface area (Å²) >= 11 is 1.97. The maximum absolute atomic E-state index is 9.77. The zero-order chi connectivity index (χ0) is 12.1. The summed E-state index contributed by atoms with van der Waals surface area (Å²) in [7, 11) is 0. The highest BCUT2D eigenvalue weighted by Crippen LogP contribution is 2.29. The summed E-state index contributed by atoms with van der Waals surface area (Å²) in [5, 5.41) is 14.0. The third kappa shape index (κ3) is 5.16. The minimum atomic E-state index is -0.345. The Balaban J connectivity index is 1.48.